The quantitative estimate of drug-likeness (QED) is 0.631. The van der Waals surface area contributed by atoms with Gasteiger partial charge in [0.25, 0.3) is 0 Å². The number of Topliss-reactive ketones (excluding diaryl/α,β-unsaturated/α-hetero) is 1. The summed E-state index contributed by atoms with van der Waals surface area (Å²) in [5.74, 6) is 0.133. The third-order valence-corrected chi connectivity index (χ3v) is 6.29. The van der Waals surface area contributed by atoms with E-state index >= 15 is 0 Å². The summed E-state index contributed by atoms with van der Waals surface area (Å²) < 4.78 is 0. The first kappa shape index (κ1) is 18.8. The maximum atomic E-state index is 13.7. The monoisotopic (exact) mass is 394 g/mol. The number of nitrogens with zero attached hydrogens (tertiary/aromatic N) is 2. The molecule has 0 unspecified atom stereocenters. The van der Waals surface area contributed by atoms with E-state index < -0.39 is 0 Å². The molecule has 0 bridgehead atoms. The highest BCUT2D eigenvalue weighted by molar-refractivity contribution is 6.41. The Morgan fingerprint density at radius 2 is 1.30 bits per heavy atom. The van der Waals surface area contributed by atoms with Crippen LogP contribution in [0.4, 0.5) is 5.69 Å². The Morgan fingerprint density at radius 3 is 1.90 bits per heavy atom. The fourth-order valence-corrected chi connectivity index (χ4v) is 4.67. The molecule has 3 aromatic carbocycles. The molecular formula is C27H26N2O. The summed E-state index contributed by atoms with van der Waals surface area (Å²) >= 11 is 0. The van der Waals surface area contributed by atoms with Crippen LogP contribution in [0.3, 0.4) is 0 Å². The molecular weight excluding hydrogens is 368 g/mol. The van der Waals surface area contributed by atoms with E-state index in [4.69, 9.17) is 0 Å². The van der Waals surface area contributed by atoms with Crippen molar-refractivity contribution in [1.29, 1.82) is 0 Å². The van der Waals surface area contributed by atoms with E-state index in [1.54, 1.807) is 0 Å². The number of hydrogen-bond acceptors (Lipinski definition) is 3. The molecule has 150 valence electrons. The van der Waals surface area contributed by atoms with E-state index in [0.717, 1.165) is 65.3 Å². The van der Waals surface area contributed by atoms with Crippen molar-refractivity contribution in [2.75, 3.05) is 38.1 Å². The smallest absolute Gasteiger partial charge is 0.194 e. The van der Waals surface area contributed by atoms with Crippen LogP contribution in [0.5, 0.6) is 0 Å². The van der Waals surface area contributed by atoms with E-state index in [-0.39, 0.29) is 5.78 Å². The van der Waals surface area contributed by atoms with Crippen molar-refractivity contribution in [2.24, 2.45) is 0 Å². The average molecular weight is 395 g/mol. The molecule has 1 fully saturated rings. The van der Waals surface area contributed by atoms with E-state index in [2.05, 4.69) is 48.0 Å². The van der Waals surface area contributed by atoms with Crippen molar-refractivity contribution in [3.63, 3.8) is 0 Å². The van der Waals surface area contributed by atoms with Crippen LogP contribution in [0.1, 0.15) is 32.6 Å². The SMILES string of the molecule is Cc1cc(N2CCN(C)CC2)cc2c1C(c1ccccc1)=C(c1ccccc1)C2=O. The number of fused-ring (bicyclic) bond motifs is 1. The number of piperazine rings is 1. The summed E-state index contributed by atoms with van der Waals surface area (Å²) in [6, 6.07) is 24.8. The Balaban J connectivity index is 1.68. The average Bonchev–Trinajstić information content (AvgIpc) is 3.08. The summed E-state index contributed by atoms with van der Waals surface area (Å²) in [5.41, 5.74) is 8.20. The minimum absolute atomic E-state index is 0.133. The second-order valence-corrected chi connectivity index (χ2v) is 8.29. The minimum atomic E-state index is 0.133. The number of rotatable bonds is 3. The fourth-order valence-electron chi connectivity index (χ4n) is 4.67. The minimum Gasteiger partial charge on any atom is -0.369 e. The van der Waals surface area contributed by atoms with Crippen LogP contribution in [-0.2, 0) is 0 Å². The number of hydrogen-bond donors (Lipinski definition) is 0. The number of aryl methyl sites for hydroxylation is 1. The molecule has 3 heteroatoms. The molecule has 0 saturated carbocycles. The second-order valence-electron chi connectivity index (χ2n) is 8.29. The van der Waals surface area contributed by atoms with Crippen LogP contribution in [0.25, 0.3) is 11.1 Å². The number of allylic oxidation sites excluding steroid dienone is 1. The summed E-state index contributed by atoms with van der Waals surface area (Å²) in [4.78, 5) is 18.5. The Labute approximate surface area is 178 Å². The van der Waals surface area contributed by atoms with Gasteiger partial charge in [0.1, 0.15) is 0 Å². The van der Waals surface area contributed by atoms with Gasteiger partial charge in [0.05, 0.1) is 0 Å². The van der Waals surface area contributed by atoms with Crippen LogP contribution in [0.15, 0.2) is 72.8 Å². The zero-order valence-electron chi connectivity index (χ0n) is 17.6. The maximum absolute atomic E-state index is 13.7. The van der Waals surface area contributed by atoms with Crippen molar-refractivity contribution in [3.05, 3.63) is 101 Å². The Morgan fingerprint density at radius 1 is 0.733 bits per heavy atom. The zero-order valence-corrected chi connectivity index (χ0v) is 17.6. The van der Waals surface area contributed by atoms with Gasteiger partial charge in [0, 0.05) is 48.6 Å². The molecule has 0 radical (unpaired) electrons. The number of ketones is 1. The molecule has 2 aliphatic rings. The predicted octanol–water partition coefficient (Wildman–Crippen LogP) is 4.90. The number of likely N-dealkylation sites (N-methyl/N-ethyl adjacent to an activating group) is 1. The lowest BCUT2D eigenvalue weighted by atomic mass is 9.92. The molecule has 1 saturated heterocycles. The van der Waals surface area contributed by atoms with Crippen molar-refractivity contribution in [2.45, 2.75) is 6.92 Å². The van der Waals surface area contributed by atoms with Gasteiger partial charge in [0.15, 0.2) is 5.78 Å². The van der Waals surface area contributed by atoms with E-state index in [1.165, 1.54) is 5.56 Å². The molecule has 5 rings (SSSR count). The van der Waals surface area contributed by atoms with Gasteiger partial charge in [-0.3, -0.25) is 4.79 Å². The van der Waals surface area contributed by atoms with Crippen LogP contribution < -0.4 is 4.90 Å². The molecule has 3 aromatic rings. The predicted molar refractivity (Wildman–Crippen MR) is 124 cm³/mol. The van der Waals surface area contributed by atoms with Crippen molar-refractivity contribution >= 4 is 22.6 Å². The number of carbonyl (C=O) groups is 1. The molecule has 3 nitrogen and oxygen atoms in total. The number of carbonyl (C=O) groups excluding carboxylic acids is 1. The second kappa shape index (κ2) is 7.58. The lowest BCUT2D eigenvalue weighted by Gasteiger charge is -2.34. The van der Waals surface area contributed by atoms with Gasteiger partial charge in [-0.2, -0.15) is 0 Å². The van der Waals surface area contributed by atoms with Crippen LogP contribution in [0, 0.1) is 6.92 Å². The Bertz CT molecular complexity index is 1120. The highest BCUT2D eigenvalue weighted by atomic mass is 16.1. The van der Waals surface area contributed by atoms with Gasteiger partial charge in [-0.1, -0.05) is 60.7 Å². The summed E-state index contributed by atoms with van der Waals surface area (Å²) in [6.07, 6.45) is 0. The zero-order chi connectivity index (χ0) is 20.7. The summed E-state index contributed by atoms with van der Waals surface area (Å²) in [6.45, 7) is 6.23. The third kappa shape index (κ3) is 3.16. The summed E-state index contributed by atoms with van der Waals surface area (Å²) in [7, 11) is 2.16. The van der Waals surface area contributed by atoms with Crippen LogP contribution >= 0.6 is 0 Å². The fraction of sp³-hybridized carbons (Fsp3) is 0.222. The van der Waals surface area contributed by atoms with Crippen molar-refractivity contribution < 1.29 is 4.79 Å². The van der Waals surface area contributed by atoms with E-state index in [0.29, 0.717) is 0 Å². The highest BCUT2D eigenvalue weighted by Crippen LogP contribution is 2.45. The summed E-state index contributed by atoms with van der Waals surface area (Å²) in [5, 5.41) is 0. The van der Waals surface area contributed by atoms with Gasteiger partial charge in [-0.25, -0.2) is 0 Å². The van der Waals surface area contributed by atoms with E-state index in [1.807, 2.05) is 48.5 Å². The molecule has 1 aliphatic heterocycles. The molecule has 0 spiro atoms. The first-order chi connectivity index (χ1) is 14.6. The molecule has 1 heterocycles. The molecule has 0 N–H and O–H groups in total. The third-order valence-electron chi connectivity index (χ3n) is 6.29. The molecule has 30 heavy (non-hydrogen) atoms. The standard InChI is InChI=1S/C27H26N2O/c1-19-17-22(29-15-13-28(2)14-16-29)18-23-24(19)25(20-9-5-3-6-10-20)26(27(23)30)21-11-7-4-8-12-21/h3-12,17-18H,13-16H2,1-2H3. The van der Waals surface area contributed by atoms with E-state index in [9.17, 15) is 4.79 Å². The largest absolute Gasteiger partial charge is 0.369 e. The first-order valence-corrected chi connectivity index (χ1v) is 10.6. The van der Waals surface area contributed by atoms with Crippen molar-refractivity contribution in [3.8, 4) is 0 Å². The Kier molecular flexibility index (Phi) is 4.76. The molecule has 0 atom stereocenters. The highest BCUT2D eigenvalue weighted by Gasteiger charge is 2.33. The van der Waals surface area contributed by atoms with Gasteiger partial charge in [-0.05, 0) is 48.4 Å². The number of benzene rings is 3. The van der Waals surface area contributed by atoms with Gasteiger partial charge < -0.3 is 9.80 Å². The maximum Gasteiger partial charge on any atom is 0.194 e. The topological polar surface area (TPSA) is 23.6 Å². The Hall–Kier alpha value is -3.17. The molecule has 0 amide bonds. The van der Waals surface area contributed by atoms with Gasteiger partial charge in [-0.15, -0.1) is 0 Å². The lowest BCUT2D eigenvalue weighted by Crippen LogP contribution is -2.44. The van der Waals surface area contributed by atoms with Gasteiger partial charge >= 0.3 is 0 Å². The van der Waals surface area contributed by atoms with Crippen LogP contribution in [-0.4, -0.2) is 43.9 Å². The molecule has 1 aliphatic carbocycles. The normalized spacial score (nSPS) is 16.9. The first-order valence-electron chi connectivity index (χ1n) is 10.6. The van der Waals surface area contributed by atoms with Gasteiger partial charge in [0.2, 0.25) is 0 Å². The van der Waals surface area contributed by atoms with Crippen LogP contribution in [0.2, 0.25) is 0 Å². The lowest BCUT2D eigenvalue weighted by molar-refractivity contribution is 0.105. The van der Waals surface area contributed by atoms with Crippen molar-refractivity contribution in [1.82, 2.24) is 4.90 Å². The molecule has 0 aromatic heterocycles. The number of anilines is 1.